The summed E-state index contributed by atoms with van der Waals surface area (Å²) < 4.78 is -0.468. The molecule has 0 bridgehead atoms. The van der Waals surface area contributed by atoms with Crippen molar-refractivity contribution in [3.8, 4) is 0 Å². The molecule has 6 heteroatoms. The van der Waals surface area contributed by atoms with E-state index in [1.807, 2.05) is 57.2 Å². The van der Waals surface area contributed by atoms with Gasteiger partial charge in [0.05, 0.1) is 18.9 Å². The van der Waals surface area contributed by atoms with Crippen LogP contribution in [0.25, 0.3) is 0 Å². The van der Waals surface area contributed by atoms with Crippen molar-refractivity contribution < 1.29 is 14.7 Å². The monoisotopic (exact) mass is 574 g/mol. The predicted octanol–water partition coefficient (Wildman–Crippen LogP) is 8.17. The second-order valence-electron chi connectivity index (χ2n) is 11.5. The van der Waals surface area contributed by atoms with Crippen LogP contribution >= 0.6 is 11.8 Å². The number of hydrogen-bond acceptors (Lipinski definition) is 4. The Morgan fingerprint density at radius 1 is 1.05 bits per heavy atom. The Hall–Kier alpha value is -3.25. The minimum atomic E-state index is -0.831. The maximum Gasteiger partial charge on any atom is 0.304 e. The molecule has 1 fully saturated rings. The van der Waals surface area contributed by atoms with Crippen LogP contribution in [0.15, 0.2) is 83.8 Å². The molecule has 0 radical (unpaired) electrons. The first kappa shape index (κ1) is 32.3. The van der Waals surface area contributed by atoms with Gasteiger partial charge in [0, 0.05) is 28.4 Å². The van der Waals surface area contributed by atoms with Crippen molar-refractivity contribution in [3.05, 3.63) is 101 Å². The van der Waals surface area contributed by atoms with E-state index < -0.39 is 10.7 Å². The van der Waals surface area contributed by atoms with Crippen LogP contribution in [0.4, 0.5) is 5.69 Å². The highest BCUT2D eigenvalue weighted by Crippen LogP contribution is 2.35. The van der Waals surface area contributed by atoms with Gasteiger partial charge in [-0.25, -0.2) is 0 Å². The van der Waals surface area contributed by atoms with Crippen molar-refractivity contribution in [1.82, 2.24) is 5.32 Å². The third-order valence-corrected chi connectivity index (χ3v) is 8.48. The predicted molar refractivity (Wildman–Crippen MR) is 173 cm³/mol. The summed E-state index contributed by atoms with van der Waals surface area (Å²) in [6.07, 6.45) is 11.7. The SMILES string of the molecule is C=C(/C=C\C(=C/C)CC(=O)NC(Cc1ccccc1)c1cccc(C)c1N1CCCCCC1)SC(C)(C)CC(=O)O. The molecule has 3 rings (SSSR count). The lowest BCUT2D eigenvalue weighted by atomic mass is 9.94. The van der Waals surface area contributed by atoms with Gasteiger partial charge in [0.2, 0.25) is 5.91 Å². The molecule has 0 aliphatic carbocycles. The molecule has 0 saturated carbocycles. The zero-order valence-corrected chi connectivity index (χ0v) is 25.9. The van der Waals surface area contributed by atoms with E-state index in [0.29, 0.717) is 6.42 Å². The molecule has 2 N–H and O–H groups in total. The molecule has 0 aromatic heterocycles. The third-order valence-electron chi connectivity index (χ3n) is 7.39. The number of amides is 1. The number of thioether (sulfide) groups is 1. The normalized spacial score (nSPS) is 15.4. The number of nitrogens with one attached hydrogen (secondary N) is 1. The van der Waals surface area contributed by atoms with Gasteiger partial charge < -0.3 is 15.3 Å². The molecule has 1 heterocycles. The zero-order chi connectivity index (χ0) is 29.8. The summed E-state index contributed by atoms with van der Waals surface area (Å²) in [6.45, 7) is 14.1. The second-order valence-corrected chi connectivity index (χ2v) is 13.3. The van der Waals surface area contributed by atoms with Gasteiger partial charge in [-0.2, -0.15) is 0 Å². The van der Waals surface area contributed by atoms with E-state index in [4.69, 9.17) is 5.11 Å². The van der Waals surface area contributed by atoms with E-state index in [2.05, 4.69) is 54.1 Å². The Labute approximate surface area is 250 Å². The first-order valence-electron chi connectivity index (χ1n) is 14.7. The minimum Gasteiger partial charge on any atom is -0.481 e. The summed E-state index contributed by atoms with van der Waals surface area (Å²) in [5, 5.41) is 12.5. The van der Waals surface area contributed by atoms with Crippen molar-refractivity contribution in [2.24, 2.45) is 0 Å². The standard InChI is InChI=1S/C35H46N2O3S/c1-6-28(20-19-27(3)41-35(4,5)25-33(39)40)24-32(38)36-31(23-29-16-10-9-11-17-29)30-18-14-15-26(2)34(30)37-21-12-7-8-13-22-37/h6,9-11,14-20,31H,3,7-8,12-13,21-25H2,1-2,4-5H3,(H,36,38)(H,39,40)/b20-19-,28-6+. The van der Waals surface area contributed by atoms with Gasteiger partial charge in [-0.3, -0.25) is 9.59 Å². The molecule has 2 aromatic rings. The second kappa shape index (κ2) is 15.7. The number of hydrogen-bond donors (Lipinski definition) is 2. The van der Waals surface area contributed by atoms with Crippen molar-refractivity contribution >= 4 is 29.3 Å². The van der Waals surface area contributed by atoms with E-state index in [1.54, 1.807) is 0 Å². The van der Waals surface area contributed by atoms with Gasteiger partial charge in [-0.1, -0.05) is 80.1 Å². The Kier molecular flexibility index (Phi) is 12.3. The van der Waals surface area contributed by atoms with E-state index >= 15 is 0 Å². The fraction of sp³-hybridized carbons (Fsp3) is 0.429. The fourth-order valence-electron chi connectivity index (χ4n) is 5.45. The van der Waals surface area contributed by atoms with Gasteiger partial charge in [0.1, 0.15) is 0 Å². The summed E-state index contributed by atoms with van der Waals surface area (Å²) in [7, 11) is 0. The van der Waals surface area contributed by atoms with E-state index in [1.165, 1.54) is 59.8 Å². The molecular formula is C35H46N2O3S. The highest BCUT2D eigenvalue weighted by atomic mass is 32.2. The average Bonchev–Trinajstić information content (AvgIpc) is 3.19. The van der Waals surface area contributed by atoms with Crippen molar-refractivity contribution in [2.45, 2.75) is 83.4 Å². The van der Waals surface area contributed by atoms with Crippen LogP contribution < -0.4 is 10.2 Å². The molecule has 1 atom stereocenters. The molecule has 1 aliphatic rings. The highest BCUT2D eigenvalue weighted by molar-refractivity contribution is 8.04. The number of carbonyl (C=O) groups is 2. The third kappa shape index (κ3) is 10.6. The lowest BCUT2D eigenvalue weighted by Crippen LogP contribution is -2.33. The van der Waals surface area contributed by atoms with E-state index in [0.717, 1.165) is 23.6 Å². The number of carbonyl (C=O) groups excluding carboxylic acids is 1. The van der Waals surface area contributed by atoms with Gasteiger partial charge in [-0.15, -0.1) is 11.8 Å². The fourth-order valence-corrected chi connectivity index (χ4v) is 6.50. The summed E-state index contributed by atoms with van der Waals surface area (Å²) in [5.41, 5.74) is 5.75. The molecule has 41 heavy (non-hydrogen) atoms. The molecular weight excluding hydrogens is 528 g/mol. The summed E-state index contributed by atoms with van der Waals surface area (Å²) in [6, 6.07) is 16.7. The molecule has 1 saturated heterocycles. The van der Waals surface area contributed by atoms with Crippen LogP contribution in [0.2, 0.25) is 0 Å². The molecule has 0 spiro atoms. The van der Waals surface area contributed by atoms with Gasteiger partial charge >= 0.3 is 5.97 Å². The Balaban J connectivity index is 1.80. The van der Waals surface area contributed by atoms with E-state index in [-0.39, 0.29) is 24.8 Å². The van der Waals surface area contributed by atoms with Crippen LogP contribution in [-0.4, -0.2) is 34.8 Å². The van der Waals surface area contributed by atoms with E-state index in [9.17, 15) is 9.59 Å². The first-order valence-corrected chi connectivity index (χ1v) is 15.5. The number of para-hydroxylation sites is 1. The number of rotatable bonds is 13. The summed E-state index contributed by atoms with van der Waals surface area (Å²) in [5.74, 6) is -0.862. The number of benzene rings is 2. The number of carboxylic acids is 1. The first-order chi connectivity index (χ1) is 19.6. The van der Waals surface area contributed by atoms with Crippen molar-refractivity contribution in [1.29, 1.82) is 0 Å². The van der Waals surface area contributed by atoms with Crippen LogP contribution in [-0.2, 0) is 16.0 Å². The Morgan fingerprint density at radius 2 is 1.73 bits per heavy atom. The Morgan fingerprint density at radius 3 is 2.37 bits per heavy atom. The maximum atomic E-state index is 13.5. The van der Waals surface area contributed by atoms with Crippen LogP contribution in [0, 0.1) is 6.92 Å². The summed E-state index contributed by atoms with van der Waals surface area (Å²) >= 11 is 1.43. The molecule has 1 aliphatic heterocycles. The number of anilines is 1. The van der Waals surface area contributed by atoms with Crippen LogP contribution in [0.3, 0.4) is 0 Å². The average molecular weight is 575 g/mol. The highest BCUT2D eigenvalue weighted by Gasteiger charge is 2.24. The van der Waals surface area contributed by atoms with Gasteiger partial charge in [-0.05, 0) is 75.3 Å². The number of nitrogens with zero attached hydrogens (tertiary/aromatic N) is 1. The van der Waals surface area contributed by atoms with Crippen LogP contribution in [0.5, 0.6) is 0 Å². The molecule has 2 aromatic carbocycles. The minimum absolute atomic E-state index is 0.0310. The Bertz CT molecular complexity index is 1240. The number of carboxylic acid groups (broad SMARTS) is 1. The molecule has 220 valence electrons. The summed E-state index contributed by atoms with van der Waals surface area (Å²) in [4.78, 5) is 28.0. The van der Waals surface area contributed by atoms with Crippen LogP contribution in [0.1, 0.15) is 82.0 Å². The lowest BCUT2D eigenvalue weighted by molar-refractivity contribution is -0.137. The van der Waals surface area contributed by atoms with Crippen molar-refractivity contribution in [2.75, 3.05) is 18.0 Å². The largest absolute Gasteiger partial charge is 0.481 e. The topological polar surface area (TPSA) is 69.6 Å². The number of aryl methyl sites for hydroxylation is 1. The smallest absolute Gasteiger partial charge is 0.304 e. The number of allylic oxidation sites excluding steroid dienone is 3. The van der Waals surface area contributed by atoms with Crippen molar-refractivity contribution in [3.63, 3.8) is 0 Å². The van der Waals surface area contributed by atoms with Gasteiger partial charge in [0.25, 0.3) is 0 Å². The quantitative estimate of drug-likeness (QED) is 0.236. The maximum absolute atomic E-state index is 13.5. The van der Waals surface area contributed by atoms with Gasteiger partial charge in [0.15, 0.2) is 0 Å². The lowest BCUT2D eigenvalue weighted by Gasteiger charge is -2.31. The zero-order valence-electron chi connectivity index (χ0n) is 25.1. The molecule has 5 nitrogen and oxygen atoms in total. The molecule has 1 amide bonds. The number of aliphatic carboxylic acids is 1. The molecule has 1 unspecified atom stereocenters.